The third kappa shape index (κ3) is 4.92. The molecule has 4 rings (SSSR count). The number of nitrogens with one attached hydrogen (secondary N) is 1. The Morgan fingerprint density at radius 3 is 2.68 bits per heavy atom. The number of nitrogens with zero attached hydrogens (tertiary/aromatic N) is 2. The molecule has 166 valence electrons. The van der Waals surface area contributed by atoms with Gasteiger partial charge in [0.1, 0.15) is 11.6 Å². The topological polar surface area (TPSA) is 95.7 Å². The van der Waals surface area contributed by atoms with Gasteiger partial charge in [-0.1, -0.05) is 18.0 Å². The fraction of sp³-hybridized carbons (Fsp3) is 0.500. The predicted octanol–water partition coefficient (Wildman–Crippen LogP) is 3.31. The first-order chi connectivity index (χ1) is 14.9. The molecule has 1 aromatic heterocycles. The fourth-order valence-corrected chi connectivity index (χ4v) is 4.61. The summed E-state index contributed by atoms with van der Waals surface area (Å²) in [6.07, 6.45) is 5.38. The van der Waals surface area contributed by atoms with E-state index >= 15 is 0 Å². The van der Waals surface area contributed by atoms with Crippen LogP contribution in [0, 0.1) is 23.5 Å². The molecule has 0 unspecified atom stereocenters. The minimum atomic E-state index is -0.948. The highest BCUT2D eigenvalue weighted by molar-refractivity contribution is 5.93. The second-order valence-electron chi connectivity index (χ2n) is 8.42. The number of rotatable bonds is 6. The number of carboxylic acid groups (broad SMARTS) is 1. The first kappa shape index (κ1) is 21.4. The molecule has 2 aliphatic rings. The summed E-state index contributed by atoms with van der Waals surface area (Å²) in [4.78, 5) is 26.6. The van der Waals surface area contributed by atoms with Gasteiger partial charge in [0, 0.05) is 37.8 Å². The molecule has 1 saturated heterocycles. The molecule has 0 spiro atoms. The van der Waals surface area contributed by atoms with Crippen molar-refractivity contribution in [3.05, 3.63) is 41.6 Å². The number of aromatic nitrogens is 1. The van der Waals surface area contributed by atoms with E-state index in [0.717, 1.165) is 19.2 Å². The normalized spacial score (nSPS) is 22.5. The third-order valence-corrected chi connectivity index (χ3v) is 6.26. The van der Waals surface area contributed by atoms with Crippen molar-refractivity contribution >= 4 is 11.9 Å². The lowest BCUT2D eigenvalue weighted by Gasteiger charge is -2.37. The van der Waals surface area contributed by atoms with Crippen LogP contribution >= 0.6 is 0 Å². The van der Waals surface area contributed by atoms with Gasteiger partial charge >= 0.3 is 5.97 Å². The summed E-state index contributed by atoms with van der Waals surface area (Å²) in [5.74, 6) is -3.19. The zero-order valence-corrected chi connectivity index (χ0v) is 17.0. The minimum absolute atomic E-state index is 0.0104. The van der Waals surface area contributed by atoms with Gasteiger partial charge in [0.25, 0.3) is 5.91 Å². The van der Waals surface area contributed by atoms with Crippen LogP contribution in [0.3, 0.4) is 0 Å². The molecule has 2 N–H and O–H groups in total. The molecule has 2 atom stereocenters. The zero-order valence-electron chi connectivity index (χ0n) is 17.0. The molecule has 31 heavy (non-hydrogen) atoms. The van der Waals surface area contributed by atoms with Crippen LogP contribution in [0.4, 0.5) is 8.78 Å². The van der Waals surface area contributed by atoms with E-state index in [4.69, 9.17) is 4.52 Å². The number of piperidine rings is 1. The van der Waals surface area contributed by atoms with Gasteiger partial charge in [-0.15, -0.1) is 0 Å². The largest absolute Gasteiger partial charge is 0.481 e. The van der Waals surface area contributed by atoms with Gasteiger partial charge in [-0.05, 0) is 37.3 Å². The lowest BCUT2D eigenvalue weighted by atomic mass is 9.91. The van der Waals surface area contributed by atoms with Crippen molar-refractivity contribution in [3.63, 3.8) is 0 Å². The van der Waals surface area contributed by atoms with E-state index in [1.165, 1.54) is 37.8 Å². The Balaban J connectivity index is 1.40. The van der Waals surface area contributed by atoms with Gasteiger partial charge in [-0.2, -0.15) is 0 Å². The Labute approximate surface area is 178 Å². The van der Waals surface area contributed by atoms with E-state index in [2.05, 4.69) is 15.4 Å². The molecule has 1 aliphatic carbocycles. The number of halogens is 2. The average molecular weight is 433 g/mol. The monoisotopic (exact) mass is 433 g/mol. The standard InChI is InChI=1S/C22H25F2N3O4/c23-14-5-6-15(17(24)9-14)20-10-19(26-31-20)21(28)25-18-7-8-27(12-16(18)22(29)30)11-13-3-1-2-4-13/h5-6,9-10,13,16,18H,1-4,7-8,11-12H2,(H,25,28)(H,29,30)/t16-,18-/m0/s1. The van der Waals surface area contributed by atoms with Crippen molar-refractivity contribution in [1.29, 1.82) is 0 Å². The molecule has 1 aliphatic heterocycles. The highest BCUT2D eigenvalue weighted by Gasteiger charge is 2.36. The molecule has 1 saturated carbocycles. The minimum Gasteiger partial charge on any atom is -0.481 e. The molecule has 2 heterocycles. The van der Waals surface area contributed by atoms with Crippen LogP contribution < -0.4 is 5.32 Å². The molecular weight excluding hydrogens is 408 g/mol. The van der Waals surface area contributed by atoms with E-state index < -0.39 is 35.5 Å². The lowest BCUT2D eigenvalue weighted by molar-refractivity contribution is -0.144. The summed E-state index contributed by atoms with van der Waals surface area (Å²) >= 11 is 0. The molecule has 0 radical (unpaired) electrons. The van der Waals surface area contributed by atoms with Crippen LogP contribution in [0.25, 0.3) is 11.3 Å². The third-order valence-electron chi connectivity index (χ3n) is 6.26. The van der Waals surface area contributed by atoms with Crippen LogP contribution in [0.15, 0.2) is 28.8 Å². The summed E-state index contributed by atoms with van der Waals surface area (Å²) in [7, 11) is 0. The summed E-state index contributed by atoms with van der Waals surface area (Å²) in [6.45, 7) is 2.01. The number of benzene rings is 1. The highest BCUT2D eigenvalue weighted by Crippen LogP contribution is 2.28. The van der Waals surface area contributed by atoms with Gasteiger partial charge < -0.3 is 19.8 Å². The van der Waals surface area contributed by atoms with Crippen molar-refractivity contribution in [2.45, 2.75) is 38.1 Å². The summed E-state index contributed by atoms with van der Waals surface area (Å²) in [5.41, 5.74) is -0.104. The zero-order chi connectivity index (χ0) is 22.0. The Bertz CT molecular complexity index is 958. The maximum absolute atomic E-state index is 13.9. The molecule has 1 aromatic carbocycles. The van der Waals surface area contributed by atoms with Crippen LogP contribution in [-0.4, -0.2) is 52.7 Å². The van der Waals surface area contributed by atoms with Gasteiger partial charge in [-0.25, -0.2) is 8.78 Å². The first-order valence-electron chi connectivity index (χ1n) is 10.6. The van der Waals surface area contributed by atoms with Crippen molar-refractivity contribution in [2.24, 2.45) is 11.8 Å². The SMILES string of the molecule is O=C(N[C@H]1CCN(CC2CCCC2)C[C@@H]1C(=O)O)c1cc(-c2ccc(F)cc2F)on1. The quantitative estimate of drug-likeness (QED) is 0.726. The maximum atomic E-state index is 13.9. The second-order valence-corrected chi connectivity index (χ2v) is 8.42. The number of hydrogen-bond donors (Lipinski definition) is 2. The number of carbonyl (C=O) groups excluding carboxylic acids is 1. The van der Waals surface area contributed by atoms with Gasteiger partial charge in [0.05, 0.1) is 11.5 Å². The van der Waals surface area contributed by atoms with E-state index in [1.807, 2.05) is 0 Å². The summed E-state index contributed by atoms with van der Waals surface area (Å²) < 4.78 is 32.1. The van der Waals surface area contributed by atoms with Crippen LogP contribution in [0.2, 0.25) is 0 Å². The number of likely N-dealkylation sites (tertiary alicyclic amines) is 1. The highest BCUT2D eigenvalue weighted by atomic mass is 19.1. The summed E-state index contributed by atoms with van der Waals surface area (Å²) in [6, 6.07) is 3.73. The Hall–Kier alpha value is -2.81. The van der Waals surface area contributed by atoms with E-state index in [-0.39, 0.29) is 17.0 Å². The Kier molecular flexibility index (Phi) is 6.31. The van der Waals surface area contributed by atoms with E-state index in [0.29, 0.717) is 24.9 Å². The lowest BCUT2D eigenvalue weighted by Crippen LogP contribution is -2.54. The Morgan fingerprint density at radius 2 is 1.97 bits per heavy atom. The number of aliphatic carboxylic acids is 1. The van der Waals surface area contributed by atoms with E-state index in [1.54, 1.807) is 0 Å². The molecular formula is C22H25F2N3O4. The van der Waals surface area contributed by atoms with Crippen LogP contribution in [0.5, 0.6) is 0 Å². The number of hydrogen-bond acceptors (Lipinski definition) is 5. The molecule has 2 aromatic rings. The van der Waals surface area contributed by atoms with Gasteiger partial charge in [0.15, 0.2) is 11.5 Å². The van der Waals surface area contributed by atoms with Gasteiger partial charge in [0.2, 0.25) is 0 Å². The molecule has 0 bridgehead atoms. The summed E-state index contributed by atoms with van der Waals surface area (Å²) in [5, 5.41) is 16.1. The number of carboxylic acids is 1. The van der Waals surface area contributed by atoms with Crippen molar-refractivity contribution < 1.29 is 28.0 Å². The number of amides is 1. The average Bonchev–Trinajstić information content (AvgIpc) is 3.41. The Morgan fingerprint density at radius 1 is 1.19 bits per heavy atom. The van der Waals surface area contributed by atoms with Crippen molar-refractivity contribution in [3.8, 4) is 11.3 Å². The van der Waals surface area contributed by atoms with E-state index in [9.17, 15) is 23.5 Å². The van der Waals surface area contributed by atoms with Crippen molar-refractivity contribution in [1.82, 2.24) is 15.4 Å². The fourth-order valence-electron chi connectivity index (χ4n) is 4.61. The second kappa shape index (κ2) is 9.13. The number of carbonyl (C=O) groups is 2. The molecule has 1 amide bonds. The maximum Gasteiger partial charge on any atom is 0.309 e. The smallest absolute Gasteiger partial charge is 0.309 e. The van der Waals surface area contributed by atoms with Crippen molar-refractivity contribution in [2.75, 3.05) is 19.6 Å². The van der Waals surface area contributed by atoms with Gasteiger partial charge in [-0.3, -0.25) is 9.59 Å². The predicted molar refractivity (Wildman–Crippen MR) is 107 cm³/mol. The molecule has 2 fully saturated rings. The van der Waals surface area contributed by atoms with Crippen LogP contribution in [0.1, 0.15) is 42.6 Å². The van der Waals surface area contributed by atoms with Crippen LogP contribution in [-0.2, 0) is 4.79 Å². The first-order valence-corrected chi connectivity index (χ1v) is 10.6. The molecule has 9 heteroatoms. The molecule has 7 nitrogen and oxygen atoms in total.